The standard InChI is InChI=1S/C18H14ClFO5/c1-23-16-9-11(4-8-17(21)24-2)3-7-15(16)25-18(22)13-6-5-12(19)10-14(13)20/h3-10H,1-2H3/b8-4+. The predicted octanol–water partition coefficient (Wildman–Crippen LogP) is 3.89. The van der Waals surface area contributed by atoms with Gasteiger partial charge in [0.2, 0.25) is 0 Å². The topological polar surface area (TPSA) is 61.8 Å². The molecule has 0 heterocycles. The minimum Gasteiger partial charge on any atom is -0.493 e. The summed E-state index contributed by atoms with van der Waals surface area (Å²) in [5, 5.41) is 0.174. The van der Waals surface area contributed by atoms with Crippen molar-refractivity contribution in [2.24, 2.45) is 0 Å². The number of esters is 2. The molecule has 130 valence electrons. The minimum atomic E-state index is -0.884. The number of hydrogen-bond acceptors (Lipinski definition) is 5. The number of benzene rings is 2. The van der Waals surface area contributed by atoms with Gasteiger partial charge in [0.15, 0.2) is 11.5 Å². The normalized spacial score (nSPS) is 10.6. The average molecular weight is 365 g/mol. The first-order valence-electron chi connectivity index (χ1n) is 7.06. The molecule has 0 bridgehead atoms. The van der Waals surface area contributed by atoms with Gasteiger partial charge < -0.3 is 14.2 Å². The Morgan fingerprint density at radius 3 is 2.48 bits per heavy atom. The van der Waals surface area contributed by atoms with E-state index in [1.165, 1.54) is 44.6 Å². The highest BCUT2D eigenvalue weighted by molar-refractivity contribution is 6.30. The van der Waals surface area contributed by atoms with Gasteiger partial charge in [-0.05, 0) is 42.0 Å². The highest BCUT2D eigenvalue weighted by Gasteiger charge is 2.16. The van der Waals surface area contributed by atoms with Crippen molar-refractivity contribution in [1.82, 2.24) is 0 Å². The fraction of sp³-hybridized carbons (Fsp3) is 0.111. The first kappa shape index (κ1) is 18.5. The van der Waals surface area contributed by atoms with Gasteiger partial charge in [-0.25, -0.2) is 14.0 Å². The average Bonchev–Trinajstić information content (AvgIpc) is 2.60. The van der Waals surface area contributed by atoms with Crippen LogP contribution in [0.5, 0.6) is 11.5 Å². The molecule has 25 heavy (non-hydrogen) atoms. The van der Waals surface area contributed by atoms with Gasteiger partial charge in [0, 0.05) is 11.1 Å². The molecule has 0 aromatic heterocycles. The van der Waals surface area contributed by atoms with Crippen LogP contribution in [0.25, 0.3) is 6.08 Å². The molecule has 0 aliphatic heterocycles. The van der Waals surface area contributed by atoms with Crippen LogP contribution < -0.4 is 9.47 Å². The lowest BCUT2D eigenvalue weighted by atomic mass is 10.2. The van der Waals surface area contributed by atoms with Crippen LogP contribution in [0, 0.1) is 5.82 Å². The molecule has 0 unspecified atom stereocenters. The van der Waals surface area contributed by atoms with Gasteiger partial charge >= 0.3 is 11.9 Å². The third kappa shape index (κ3) is 4.81. The smallest absolute Gasteiger partial charge is 0.346 e. The Morgan fingerprint density at radius 1 is 1.08 bits per heavy atom. The lowest BCUT2D eigenvalue weighted by molar-refractivity contribution is -0.134. The van der Waals surface area contributed by atoms with Crippen LogP contribution in [0.2, 0.25) is 5.02 Å². The Hall–Kier alpha value is -2.86. The first-order valence-corrected chi connectivity index (χ1v) is 7.43. The van der Waals surface area contributed by atoms with E-state index in [4.69, 9.17) is 21.1 Å². The molecule has 0 saturated carbocycles. The number of carbonyl (C=O) groups excluding carboxylic acids is 2. The molecule has 0 aliphatic carbocycles. The zero-order valence-corrected chi connectivity index (χ0v) is 14.2. The van der Waals surface area contributed by atoms with E-state index in [2.05, 4.69) is 4.74 Å². The van der Waals surface area contributed by atoms with Gasteiger partial charge in [0.1, 0.15) is 5.82 Å². The summed E-state index contributed by atoms with van der Waals surface area (Å²) in [5.74, 6) is -1.82. The molecular formula is C18H14ClFO5. The second-order valence-corrected chi connectivity index (χ2v) is 5.22. The van der Waals surface area contributed by atoms with Crippen molar-refractivity contribution in [3.63, 3.8) is 0 Å². The molecule has 2 rings (SSSR count). The van der Waals surface area contributed by atoms with Crippen LogP contribution in [0.1, 0.15) is 15.9 Å². The number of methoxy groups -OCH3 is 2. The molecule has 0 atom stereocenters. The number of rotatable bonds is 5. The van der Waals surface area contributed by atoms with E-state index < -0.39 is 17.8 Å². The third-order valence-electron chi connectivity index (χ3n) is 3.15. The largest absolute Gasteiger partial charge is 0.493 e. The van der Waals surface area contributed by atoms with E-state index >= 15 is 0 Å². The van der Waals surface area contributed by atoms with Crippen molar-refractivity contribution in [3.8, 4) is 11.5 Å². The molecule has 0 aliphatic rings. The van der Waals surface area contributed by atoms with Crippen molar-refractivity contribution < 1.29 is 28.2 Å². The molecule has 0 radical (unpaired) electrons. The number of carbonyl (C=O) groups is 2. The van der Waals surface area contributed by atoms with Crippen LogP contribution in [-0.2, 0) is 9.53 Å². The van der Waals surface area contributed by atoms with E-state index in [0.29, 0.717) is 5.56 Å². The van der Waals surface area contributed by atoms with Gasteiger partial charge in [0.25, 0.3) is 0 Å². The summed E-state index contributed by atoms with van der Waals surface area (Å²) < 4.78 is 28.6. The van der Waals surface area contributed by atoms with E-state index in [-0.39, 0.29) is 22.1 Å². The Kier molecular flexibility index (Phi) is 6.14. The minimum absolute atomic E-state index is 0.108. The first-order chi connectivity index (χ1) is 11.9. The van der Waals surface area contributed by atoms with E-state index in [1.807, 2.05) is 0 Å². The molecule has 0 N–H and O–H groups in total. The van der Waals surface area contributed by atoms with E-state index in [9.17, 15) is 14.0 Å². The summed E-state index contributed by atoms with van der Waals surface area (Å²) in [6, 6.07) is 8.28. The molecule has 0 fully saturated rings. The Balaban J connectivity index is 2.23. The Morgan fingerprint density at radius 2 is 1.84 bits per heavy atom. The predicted molar refractivity (Wildman–Crippen MR) is 90.4 cm³/mol. The van der Waals surface area contributed by atoms with E-state index in [0.717, 1.165) is 6.07 Å². The summed E-state index contributed by atoms with van der Waals surface area (Å²) >= 11 is 5.66. The lowest BCUT2D eigenvalue weighted by Gasteiger charge is -2.10. The third-order valence-corrected chi connectivity index (χ3v) is 3.39. The summed E-state index contributed by atoms with van der Waals surface area (Å²) in [6.45, 7) is 0. The van der Waals surface area contributed by atoms with Crippen LogP contribution in [0.4, 0.5) is 4.39 Å². The summed E-state index contributed by atoms with van der Waals surface area (Å²) in [7, 11) is 2.66. The number of hydrogen-bond donors (Lipinski definition) is 0. The fourth-order valence-corrected chi connectivity index (χ4v) is 2.07. The van der Waals surface area contributed by atoms with Gasteiger partial charge in [-0.3, -0.25) is 0 Å². The van der Waals surface area contributed by atoms with Crippen molar-refractivity contribution in [1.29, 1.82) is 0 Å². The highest BCUT2D eigenvalue weighted by atomic mass is 35.5. The number of ether oxygens (including phenoxy) is 3. The van der Waals surface area contributed by atoms with Gasteiger partial charge in [-0.1, -0.05) is 17.7 Å². The van der Waals surface area contributed by atoms with Crippen molar-refractivity contribution >= 4 is 29.6 Å². The summed E-state index contributed by atoms with van der Waals surface area (Å²) in [5.41, 5.74) is 0.376. The summed E-state index contributed by atoms with van der Waals surface area (Å²) in [4.78, 5) is 23.2. The lowest BCUT2D eigenvalue weighted by Crippen LogP contribution is -2.11. The molecule has 0 amide bonds. The molecule has 0 spiro atoms. The monoisotopic (exact) mass is 364 g/mol. The maximum atomic E-state index is 13.8. The van der Waals surface area contributed by atoms with Crippen LogP contribution in [0.15, 0.2) is 42.5 Å². The van der Waals surface area contributed by atoms with Crippen LogP contribution in [0.3, 0.4) is 0 Å². The summed E-state index contributed by atoms with van der Waals surface area (Å²) in [6.07, 6.45) is 2.75. The quantitative estimate of drug-likeness (QED) is 0.457. The van der Waals surface area contributed by atoms with Crippen molar-refractivity contribution in [2.45, 2.75) is 0 Å². The SMILES string of the molecule is COC(=O)/C=C/c1ccc(OC(=O)c2ccc(Cl)cc2F)c(OC)c1. The second kappa shape index (κ2) is 8.30. The van der Waals surface area contributed by atoms with Gasteiger partial charge in [-0.15, -0.1) is 0 Å². The van der Waals surface area contributed by atoms with E-state index in [1.54, 1.807) is 12.1 Å². The van der Waals surface area contributed by atoms with Crippen molar-refractivity contribution in [2.75, 3.05) is 14.2 Å². The van der Waals surface area contributed by atoms with Gasteiger partial charge in [-0.2, -0.15) is 0 Å². The van der Waals surface area contributed by atoms with Gasteiger partial charge in [0.05, 0.1) is 19.8 Å². The van der Waals surface area contributed by atoms with Crippen molar-refractivity contribution in [3.05, 3.63) is 64.4 Å². The molecule has 0 saturated heterocycles. The molecule has 7 heteroatoms. The maximum absolute atomic E-state index is 13.8. The van der Waals surface area contributed by atoms with Crippen LogP contribution in [-0.4, -0.2) is 26.2 Å². The second-order valence-electron chi connectivity index (χ2n) is 4.78. The molecule has 2 aromatic rings. The molecular weight excluding hydrogens is 351 g/mol. The zero-order valence-electron chi connectivity index (χ0n) is 13.4. The van der Waals surface area contributed by atoms with Crippen LogP contribution >= 0.6 is 11.6 Å². The Labute approximate surface area is 148 Å². The Bertz CT molecular complexity index is 832. The highest BCUT2D eigenvalue weighted by Crippen LogP contribution is 2.29. The number of halogens is 2. The zero-order chi connectivity index (χ0) is 18.4. The fourth-order valence-electron chi connectivity index (χ4n) is 1.91. The molecule has 2 aromatic carbocycles. The molecule has 5 nitrogen and oxygen atoms in total. The maximum Gasteiger partial charge on any atom is 0.346 e.